The Morgan fingerprint density at radius 3 is 2.73 bits per heavy atom. The average molecular weight is 467 g/mol. The maximum Gasteiger partial charge on any atom is 0.244 e. The molecule has 8 heteroatoms. The van der Waals surface area contributed by atoms with Crippen molar-refractivity contribution in [3.05, 3.63) is 71.4 Å². The Morgan fingerprint density at radius 1 is 1.18 bits per heavy atom. The van der Waals surface area contributed by atoms with Gasteiger partial charge in [0, 0.05) is 42.3 Å². The Morgan fingerprint density at radius 2 is 1.94 bits per heavy atom. The summed E-state index contributed by atoms with van der Waals surface area (Å²) in [5.41, 5.74) is 7.13. The van der Waals surface area contributed by atoms with Gasteiger partial charge in [-0.3, -0.25) is 4.79 Å². The monoisotopic (exact) mass is 466 g/mol. The van der Waals surface area contributed by atoms with Crippen LogP contribution in [0, 0.1) is 12.8 Å². The van der Waals surface area contributed by atoms with Crippen LogP contribution in [0.1, 0.15) is 36.5 Å². The van der Waals surface area contributed by atoms with E-state index in [1.54, 1.807) is 13.1 Å². The highest BCUT2D eigenvalue weighted by Crippen LogP contribution is 2.23. The topological polar surface area (TPSA) is 83.8 Å². The van der Waals surface area contributed by atoms with Crippen LogP contribution in [0.4, 0.5) is 0 Å². The van der Waals surface area contributed by atoms with Gasteiger partial charge in [-0.2, -0.15) is 5.10 Å². The van der Waals surface area contributed by atoms with Crippen molar-refractivity contribution in [3.8, 4) is 0 Å². The molecule has 1 aromatic heterocycles. The van der Waals surface area contributed by atoms with Gasteiger partial charge >= 0.3 is 0 Å². The molecule has 1 fully saturated rings. The fourth-order valence-electron chi connectivity index (χ4n) is 4.33. The lowest BCUT2D eigenvalue weighted by atomic mass is 9.99. The number of aromatic nitrogens is 1. The molecule has 0 aliphatic carbocycles. The number of hydrazone groups is 1. The number of rotatable bonds is 7. The maximum atomic E-state index is 12.6. The summed E-state index contributed by atoms with van der Waals surface area (Å²) in [6, 6.07) is 16.4. The van der Waals surface area contributed by atoms with Gasteiger partial charge in [-0.25, -0.2) is 18.1 Å². The summed E-state index contributed by atoms with van der Waals surface area (Å²) in [5.74, 6) is -0.586. The van der Waals surface area contributed by atoms with Gasteiger partial charge in [0.05, 0.1) is 17.9 Å². The van der Waals surface area contributed by atoms with Gasteiger partial charge in [0.25, 0.3) is 0 Å². The Bertz CT molecular complexity index is 1280. The van der Waals surface area contributed by atoms with Crippen molar-refractivity contribution in [2.45, 2.75) is 33.2 Å². The van der Waals surface area contributed by atoms with Crippen LogP contribution in [0.25, 0.3) is 10.9 Å². The minimum Gasteiger partial charge on any atom is -0.342 e. The standard InChI is InChI=1S/C25H30N4O3S/c1-3-33(31,32)29-14-8-11-21(18-29)25(30)27-26-15-22-17-28(24-13-7-6-12-23(22)24)16-20-10-5-4-9-19(20)2/h4-7,9-10,12-13,15,17,21H,3,8,11,14,16,18H2,1-2H3,(H,27,30)/b26-15+. The van der Waals surface area contributed by atoms with Gasteiger partial charge in [0.1, 0.15) is 0 Å². The fourth-order valence-corrected chi connectivity index (χ4v) is 5.51. The lowest BCUT2D eigenvalue weighted by Crippen LogP contribution is -2.45. The van der Waals surface area contributed by atoms with E-state index in [4.69, 9.17) is 0 Å². The molecular formula is C25H30N4O3S. The molecule has 1 saturated heterocycles. The number of hydrogen-bond acceptors (Lipinski definition) is 4. The number of benzene rings is 2. The van der Waals surface area contributed by atoms with Crippen LogP contribution < -0.4 is 5.43 Å². The minimum absolute atomic E-state index is 0.0477. The molecule has 1 atom stereocenters. The van der Waals surface area contributed by atoms with Crippen LogP contribution >= 0.6 is 0 Å². The van der Waals surface area contributed by atoms with Crippen molar-refractivity contribution in [2.24, 2.45) is 11.0 Å². The second kappa shape index (κ2) is 9.89. The van der Waals surface area contributed by atoms with Gasteiger partial charge in [0.15, 0.2) is 0 Å². The second-order valence-corrected chi connectivity index (χ2v) is 10.7. The smallest absolute Gasteiger partial charge is 0.244 e. The number of para-hydroxylation sites is 1. The van der Waals surface area contributed by atoms with Gasteiger partial charge in [-0.15, -0.1) is 0 Å². The molecule has 1 unspecified atom stereocenters. The summed E-state index contributed by atoms with van der Waals surface area (Å²) in [5, 5.41) is 5.26. The van der Waals surface area contributed by atoms with E-state index in [1.807, 2.05) is 36.5 Å². The van der Waals surface area contributed by atoms with Crippen molar-refractivity contribution < 1.29 is 13.2 Å². The van der Waals surface area contributed by atoms with E-state index in [2.05, 4.69) is 40.2 Å². The van der Waals surface area contributed by atoms with Crippen molar-refractivity contribution >= 4 is 33.0 Å². The lowest BCUT2D eigenvalue weighted by Gasteiger charge is -2.30. The number of amides is 1. The van der Waals surface area contributed by atoms with E-state index in [1.165, 1.54) is 15.4 Å². The van der Waals surface area contributed by atoms with Crippen LogP contribution in [0.2, 0.25) is 0 Å². The van der Waals surface area contributed by atoms with Gasteiger partial charge in [-0.05, 0) is 43.9 Å². The largest absolute Gasteiger partial charge is 0.342 e. The molecule has 2 heterocycles. The first-order valence-corrected chi connectivity index (χ1v) is 12.9. The third-order valence-electron chi connectivity index (χ3n) is 6.31. The molecule has 0 bridgehead atoms. The summed E-state index contributed by atoms with van der Waals surface area (Å²) in [6.07, 6.45) is 5.04. The SMILES string of the molecule is CCS(=O)(=O)N1CCCC(C(=O)N/N=C/c2cn(Cc3ccccc3C)c3ccccc23)C1. The van der Waals surface area contributed by atoms with Gasteiger partial charge in [0.2, 0.25) is 15.9 Å². The van der Waals surface area contributed by atoms with Crippen molar-refractivity contribution in [3.63, 3.8) is 0 Å². The highest BCUT2D eigenvalue weighted by molar-refractivity contribution is 7.89. The predicted octanol–water partition coefficient (Wildman–Crippen LogP) is 3.51. The molecule has 1 amide bonds. The van der Waals surface area contributed by atoms with E-state index in [9.17, 15) is 13.2 Å². The van der Waals surface area contributed by atoms with Gasteiger partial charge in [-0.1, -0.05) is 42.5 Å². The predicted molar refractivity (Wildman–Crippen MR) is 132 cm³/mol. The maximum absolute atomic E-state index is 12.6. The first-order valence-electron chi connectivity index (χ1n) is 11.3. The van der Waals surface area contributed by atoms with E-state index < -0.39 is 10.0 Å². The Balaban J connectivity index is 1.48. The third kappa shape index (κ3) is 5.17. The van der Waals surface area contributed by atoms with E-state index in [-0.39, 0.29) is 24.1 Å². The summed E-state index contributed by atoms with van der Waals surface area (Å²) in [6.45, 7) is 5.17. The van der Waals surface area contributed by atoms with Crippen molar-refractivity contribution in [1.82, 2.24) is 14.3 Å². The molecule has 0 spiro atoms. The number of nitrogens with zero attached hydrogens (tertiary/aromatic N) is 3. The Hall–Kier alpha value is -2.97. The normalized spacial score (nSPS) is 17.6. The number of piperidine rings is 1. The molecule has 33 heavy (non-hydrogen) atoms. The quantitative estimate of drug-likeness (QED) is 0.427. The summed E-state index contributed by atoms with van der Waals surface area (Å²) >= 11 is 0. The highest BCUT2D eigenvalue weighted by Gasteiger charge is 2.31. The number of aryl methyl sites for hydroxylation is 1. The third-order valence-corrected chi connectivity index (χ3v) is 8.16. The number of carbonyl (C=O) groups excluding carboxylic acids is 1. The van der Waals surface area contributed by atoms with E-state index >= 15 is 0 Å². The summed E-state index contributed by atoms with van der Waals surface area (Å²) in [7, 11) is -3.29. The fraction of sp³-hybridized carbons (Fsp3) is 0.360. The number of carbonyl (C=O) groups is 1. The first kappa shape index (κ1) is 23.2. The minimum atomic E-state index is -3.29. The molecule has 3 aromatic rings. The summed E-state index contributed by atoms with van der Waals surface area (Å²) < 4.78 is 27.9. The molecule has 2 aromatic carbocycles. The van der Waals surface area contributed by atoms with Crippen molar-refractivity contribution in [2.75, 3.05) is 18.8 Å². The van der Waals surface area contributed by atoms with Crippen molar-refractivity contribution in [1.29, 1.82) is 0 Å². The second-order valence-electron chi connectivity index (χ2n) is 8.49. The average Bonchev–Trinajstić information content (AvgIpc) is 3.18. The van der Waals surface area contributed by atoms with Crippen LogP contribution in [-0.2, 0) is 21.4 Å². The molecule has 174 valence electrons. The molecule has 7 nitrogen and oxygen atoms in total. The van der Waals surface area contributed by atoms with Gasteiger partial charge < -0.3 is 4.57 Å². The molecular weight excluding hydrogens is 436 g/mol. The molecule has 1 aliphatic heterocycles. The van der Waals surface area contributed by atoms with Crippen LogP contribution in [0.3, 0.4) is 0 Å². The zero-order chi connectivity index (χ0) is 23.4. The molecule has 1 N–H and O–H groups in total. The Kier molecular flexibility index (Phi) is 6.95. The number of hydrogen-bond donors (Lipinski definition) is 1. The molecule has 0 radical (unpaired) electrons. The van der Waals surface area contributed by atoms with E-state index in [0.29, 0.717) is 19.4 Å². The molecule has 4 rings (SSSR count). The van der Waals surface area contributed by atoms with E-state index in [0.717, 1.165) is 23.0 Å². The number of fused-ring (bicyclic) bond motifs is 1. The zero-order valence-corrected chi connectivity index (χ0v) is 19.9. The summed E-state index contributed by atoms with van der Waals surface area (Å²) in [4.78, 5) is 12.6. The number of nitrogens with one attached hydrogen (secondary N) is 1. The Labute approximate surface area is 195 Å². The van der Waals surface area contributed by atoms with Crippen LogP contribution in [0.5, 0.6) is 0 Å². The van der Waals surface area contributed by atoms with Crippen LogP contribution in [-0.4, -0.2) is 48.3 Å². The highest BCUT2D eigenvalue weighted by atomic mass is 32.2. The first-order chi connectivity index (χ1) is 15.9. The number of sulfonamides is 1. The van der Waals surface area contributed by atoms with Crippen LogP contribution in [0.15, 0.2) is 59.8 Å². The molecule has 0 saturated carbocycles. The lowest BCUT2D eigenvalue weighted by molar-refractivity contribution is -0.126. The zero-order valence-electron chi connectivity index (χ0n) is 19.1. The molecule has 1 aliphatic rings.